The zero-order valence-corrected chi connectivity index (χ0v) is 11.9. The molecule has 1 rings (SSSR count). The summed E-state index contributed by atoms with van der Waals surface area (Å²) >= 11 is 2.30. The second kappa shape index (κ2) is 4.86. The molecule has 88 valence electrons. The number of ether oxygens (including phenoxy) is 1. The molecule has 1 amide bonds. The summed E-state index contributed by atoms with van der Waals surface area (Å²) in [6.45, 7) is 10.2. The van der Waals surface area contributed by atoms with Gasteiger partial charge in [-0.3, -0.25) is 0 Å². The van der Waals surface area contributed by atoms with Crippen molar-refractivity contribution in [1.29, 1.82) is 0 Å². The van der Waals surface area contributed by atoms with Gasteiger partial charge in [-0.2, -0.15) is 0 Å². The van der Waals surface area contributed by atoms with Crippen LogP contribution in [-0.2, 0) is 4.74 Å². The molecule has 0 aromatic heterocycles. The molecule has 0 aromatic rings. The van der Waals surface area contributed by atoms with E-state index in [-0.39, 0.29) is 6.09 Å². The maximum Gasteiger partial charge on any atom is 0.410 e. The summed E-state index contributed by atoms with van der Waals surface area (Å²) in [5.41, 5.74) is -0.401. The first-order valence-corrected chi connectivity index (χ1v) is 6.16. The zero-order chi connectivity index (χ0) is 11.6. The molecule has 0 aliphatic carbocycles. The summed E-state index contributed by atoms with van der Waals surface area (Å²) in [4.78, 5) is 13.5. The van der Waals surface area contributed by atoms with Crippen LogP contribution in [0.25, 0.3) is 0 Å². The fraction of sp³-hybridized carbons (Fsp3) is 0.900. The number of nitrogens with zero attached hydrogens (tertiary/aromatic N) is 2. The molecule has 15 heavy (non-hydrogen) atoms. The molecule has 0 unspecified atom stereocenters. The van der Waals surface area contributed by atoms with Gasteiger partial charge in [0.2, 0.25) is 0 Å². The van der Waals surface area contributed by atoms with Crippen LogP contribution in [-0.4, -0.2) is 45.4 Å². The first kappa shape index (κ1) is 13.0. The van der Waals surface area contributed by atoms with Crippen molar-refractivity contribution in [2.75, 3.05) is 19.6 Å². The number of halogens is 1. The molecule has 1 atom stereocenters. The molecule has 0 saturated carbocycles. The smallest absolute Gasteiger partial charge is 0.410 e. The predicted octanol–water partition coefficient (Wildman–Crippen LogP) is 2.28. The van der Waals surface area contributed by atoms with Gasteiger partial charge in [0.25, 0.3) is 0 Å². The average molecular weight is 326 g/mol. The maximum absolute atomic E-state index is 11.7. The van der Waals surface area contributed by atoms with E-state index < -0.39 is 5.60 Å². The zero-order valence-electron chi connectivity index (χ0n) is 9.79. The molecule has 0 bridgehead atoms. The van der Waals surface area contributed by atoms with E-state index in [4.69, 9.17) is 4.74 Å². The Kier molecular flexibility index (Phi) is 4.22. The molecule has 1 heterocycles. The molecule has 4 nitrogen and oxygen atoms in total. The highest BCUT2D eigenvalue weighted by molar-refractivity contribution is 14.1. The van der Waals surface area contributed by atoms with Crippen LogP contribution in [0.4, 0.5) is 4.79 Å². The van der Waals surface area contributed by atoms with Crippen molar-refractivity contribution in [3.63, 3.8) is 0 Å². The largest absolute Gasteiger partial charge is 0.444 e. The lowest BCUT2D eigenvalue weighted by Crippen LogP contribution is -2.51. The monoisotopic (exact) mass is 326 g/mol. The van der Waals surface area contributed by atoms with Gasteiger partial charge in [0.15, 0.2) is 0 Å². The lowest BCUT2D eigenvalue weighted by atomic mass is 10.2. The third kappa shape index (κ3) is 4.14. The van der Waals surface area contributed by atoms with Gasteiger partial charge in [-0.15, -0.1) is 0 Å². The Labute approximate surface area is 105 Å². The Morgan fingerprint density at radius 3 is 2.47 bits per heavy atom. The Balaban J connectivity index is 2.48. The van der Waals surface area contributed by atoms with E-state index >= 15 is 0 Å². The van der Waals surface area contributed by atoms with E-state index in [1.807, 2.05) is 20.8 Å². The molecule has 5 heteroatoms. The number of hydrogen-bond acceptors (Lipinski definition) is 3. The predicted molar refractivity (Wildman–Crippen MR) is 68.0 cm³/mol. The minimum absolute atomic E-state index is 0.196. The van der Waals surface area contributed by atoms with E-state index in [1.54, 1.807) is 4.90 Å². The van der Waals surface area contributed by atoms with Crippen LogP contribution in [0.3, 0.4) is 0 Å². The topological polar surface area (TPSA) is 32.8 Å². The SMILES string of the molecule is C[C@H]1CN(C(=O)OC(C)(C)C)CCN1I. The van der Waals surface area contributed by atoms with Crippen molar-refractivity contribution in [2.45, 2.75) is 39.3 Å². The lowest BCUT2D eigenvalue weighted by Gasteiger charge is -2.36. The van der Waals surface area contributed by atoms with Crippen molar-refractivity contribution in [3.05, 3.63) is 0 Å². The Bertz CT molecular complexity index is 240. The first-order valence-electron chi connectivity index (χ1n) is 5.20. The number of rotatable bonds is 0. The fourth-order valence-corrected chi connectivity index (χ4v) is 1.82. The minimum Gasteiger partial charge on any atom is -0.444 e. The van der Waals surface area contributed by atoms with Crippen LogP contribution >= 0.6 is 22.9 Å². The average Bonchev–Trinajstić information content (AvgIpc) is 2.06. The second-order valence-electron chi connectivity index (χ2n) is 4.90. The van der Waals surface area contributed by atoms with Gasteiger partial charge < -0.3 is 9.64 Å². The van der Waals surface area contributed by atoms with Gasteiger partial charge in [0.1, 0.15) is 5.60 Å². The normalized spacial score (nSPS) is 24.1. The molecule has 0 N–H and O–H groups in total. The van der Waals surface area contributed by atoms with Crippen molar-refractivity contribution in [2.24, 2.45) is 0 Å². The molecule has 1 aliphatic heterocycles. The van der Waals surface area contributed by atoms with Crippen LogP contribution in [0.15, 0.2) is 0 Å². The number of amides is 1. The molecule has 1 fully saturated rings. The van der Waals surface area contributed by atoms with Crippen LogP contribution in [0, 0.1) is 0 Å². The van der Waals surface area contributed by atoms with Crippen LogP contribution in [0.2, 0.25) is 0 Å². The molecule has 0 spiro atoms. The molecule has 1 saturated heterocycles. The Hall–Kier alpha value is -0.0400. The third-order valence-corrected chi connectivity index (χ3v) is 3.63. The number of hydrogen-bond donors (Lipinski definition) is 0. The molecular weight excluding hydrogens is 307 g/mol. The standard InChI is InChI=1S/C10H19IN2O2/c1-8-7-12(5-6-13(8)11)9(14)15-10(2,3)4/h8H,5-7H2,1-4H3/t8-/m0/s1. The summed E-state index contributed by atoms with van der Waals surface area (Å²) in [7, 11) is 0. The van der Waals surface area contributed by atoms with E-state index in [1.165, 1.54) is 0 Å². The summed E-state index contributed by atoms with van der Waals surface area (Å²) in [6.07, 6.45) is -0.196. The van der Waals surface area contributed by atoms with E-state index in [9.17, 15) is 4.79 Å². The number of carbonyl (C=O) groups is 1. The van der Waals surface area contributed by atoms with Gasteiger partial charge in [-0.25, -0.2) is 7.91 Å². The summed E-state index contributed by atoms with van der Waals surface area (Å²) < 4.78 is 7.55. The Morgan fingerprint density at radius 1 is 1.40 bits per heavy atom. The van der Waals surface area contributed by atoms with Crippen LogP contribution in [0.1, 0.15) is 27.7 Å². The van der Waals surface area contributed by atoms with Crippen molar-refractivity contribution < 1.29 is 9.53 Å². The van der Waals surface area contributed by atoms with Crippen molar-refractivity contribution in [1.82, 2.24) is 8.01 Å². The van der Waals surface area contributed by atoms with E-state index in [0.29, 0.717) is 6.04 Å². The summed E-state index contributed by atoms with van der Waals surface area (Å²) in [6, 6.07) is 0.395. The van der Waals surface area contributed by atoms with Gasteiger partial charge in [-0.05, 0) is 27.7 Å². The quantitative estimate of drug-likeness (QED) is 0.506. The highest BCUT2D eigenvalue weighted by atomic mass is 127. The second-order valence-corrected chi connectivity index (χ2v) is 6.14. The van der Waals surface area contributed by atoms with Crippen molar-refractivity contribution >= 4 is 29.0 Å². The van der Waals surface area contributed by atoms with Crippen LogP contribution < -0.4 is 0 Å². The van der Waals surface area contributed by atoms with Crippen LogP contribution in [0.5, 0.6) is 0 Å². The minimum atomic E-state index is -0.401. The third-order valence-electron chi connectivity index (χ3n) is 2.20. The maximum atomic E-state index is 11.7. The van der Waals surface area contributed by atoms with E-state index in [2.05, 4.69) is 32.9 Å². The van der Waals surface area contributed by atoms with Gasteiger partial charge in [-0.1, -0.05) is 0 Å². The molecular formula is C10H19IN2O2. The highest BCUT2D eigenvalue weighted by Crippen LogP contribution is 2.16. The number of carbonyl (C=O) groups excluding carboxylic acids is 1. The molecule has 0 aromatic carbocycles. The number of piperazine rings is 1. The van der Waals surface area contributed by atoms with Gasteiger partial charge in [0.05, 0.1) is 0 Å². The summed E-state index contributed by atoms with van der Waals surface area (Å²) in [5, 5.41) is 0. The molecule has 0 radical (unpaired) electrons. The fourth-order valence-electron chi connectivity index (χ4n) is 1.43. The lowest BCUT2D eigenvalue weighted by molar-refractivity contribution is 0.0162. The summed E-state index contributed by atoms with van der Waals surface area (Å²) in [5.74, 6) is 0. The first-order chi connectivity index (χ1) is 6.79. The van der Waals surface area contributed by atoms with Gasteiger partial charge in [0, 0.05) is 48.5 Å². The Morgan fingerprint density at radius 2 is 2.00 bits per heavy atom. The van der Waals surface area contributed by atoms with E-state index in [0.717, 1.165) is 19.6 Å². The van der Waals surface area contributed by atoms with Gasteiger partial charge >= 0.3 is 6.09 Å². The van der Waals surface area contributed by atoms with Crippen molar-refractivity contribution in [3.8, 4) is 0 Å². The highest BCUT2D eigenvalue weighted by Gasteiger charge is 2.28. The molecule has 1 aliphatic rings.